The van der Waals surface area contributed by atoms with Gasteiger partial charge in [-0.3, -0.25) is 0 Å². The Labute approximate surface area is 124 Å². The first-order chi connectivity index (χ1) is 10.3. The molecule has 1 fully saturated rings. The van der Waals surface area contributed by atoms with E-state index in [1.165, 1.54) is 0 Å². The Hall–Kier alpha value is -1.88. The first-order valence-corrected chi connectivity index (χ1v) is 7.51. The Kier molecular flexibility index (Phi) is 3.92. The lowest BCUT2D eigenvalue weighted by molar-refractivity contribution is 0.241. The number of methoxy groups -OCH3 is 1. The monoisotopic (exact) mass is 287 g/mol. The molecule has 1 atom stereocenters. The summed E-state index contributed by atoms with van der Waals surface area (Å²) in [4.78, 5) is 4.63. The number of benzene rings is 1. The first kappa shape index (κ1) is 14.1. The smallest absolute Gasteiger partial charge is 0.247 e. The van der Waals surface area contributed by atoms with Crippen LogP contribution in [0.4, 0.5) is 0 Å². The lowest BCUT2D eigenvalue weighted by Crippen LogP contribution is -2.36. The summed E-state index contributed by atoms with van der Waals surface area (Å²) in [6, 6.07) is 7.72. The molecule has 1 aliphatic rings. The fourth-order valence-corrected chi connectivity index (χ4v) is 3.03. The van der Waals surface area contributed by atoms with E-state index in [1.54, 1.807) is 7.11 Å². The second kappa shape index (κ2) is 5.85. The highest BCUT2D eigenvalue weighted by Gasteiger charge is 2.39. The van der Waals surface area contributed by atoms with Crippen molar-refractivity contribution < 1.29 is 9.26 Å². The van der Waals surface area contributed by atoms with Crippen molar-refractivity contribution in [2.75, 3.05) is 13.7 Å². The minimum atomic E-state index is -0.140. The molecule has 0 spiro atoms. The van der Waals surface area contributed by atoms with E-state index in [9.17, 15) is 0 Å². The summed E-state index contributed by atoms with van der Waals surface area (Å²) in [6.45, 7) is 3.19. The quantitative estimate of drug-likeness (QED) is 0.915. The van der Waals surface area contributed by atoms with Gasteiger partial charge in [0.15, 0.2) is 0 Å². The van der Waals surface area contributed by atoms with Crippen LogP contribution in [-0.2, 0) is 5.54 Å². The van der Waals surface area contributed by atoms with Crippen molar-refractivity contribution in [3.05, 3.63) is 30.2 Å². The Balaban J connectivity index is 1.91. The zero-order valence-corrected chi connectivity index (χ0v) is 12.6. The van der Waals surface area contributed by atoms with E-state index in [0.717, 1.165) is 43.5 Å². The molecule has 0 amide bonds. The van der Waals surface area contributed by atoms with Gasteiger partial charge in [-0.1, -0.05) is 30.6 Å². The van der Waals surface area contributed by atoms with E-state index in [0.29, 0.717) is 11.7 Å². The van der Waals surface area contributed by atoms with E-state index < -0.39 is 0 Å². The van der Waals surface area contributed by atoms with Crippen LogP contribution in [0.3, 0.4) is 0 Å². The highest BCUT2D eigenvalue weighted by molar-refractivity contribution is 5.56. The largest absolute Gasteiger partial charge is 0.497 e. The highest BCUT2D eigenvalue weighted by atomic mass is 16.5. The van der Waals surface area contributed by atoms with Crippen molar-refractivity contribution >= 4 is 0 Å². The van der Waals surface area contributed by atoms with Crippen LogP contribution >= 0.6 is 0 Å². The molecule has 1 aromatic carbocycles. The topological polar surface area (TPSA) is 60.2 Å². The van der Waals surface area contributed by atoms with Crippen LogP contribution < -0.4 is 10.1 Å². The number of hydrogen-bond donors (Lipinski definition) is 1. The van der Waals surface area contributed by atoms with Gasteiger partial charge in [-0.2, -0.15) is 4.98 Å². The van der Waals surface area contributed by atoms with Crippen molar-refractivity contribution in [1.82, 2.24) is 15.5 Å². The molecule has 0 bridgehead atoms. The van der Waals surface area contributed by atoms with Crippen molar-refractivity contribution in [2.24, 2.45) is 0 Å². The van der Waals surface area contributed by atoms with E-state index in [4.69, 9.17) is 9.26 Å². The minimum Gasteiger partial charge on any atom is -0.497 e. The fourth-order valence-electron chi connectivity index (χ4n) is 3.03. The van der Waals surface area contributed by atoms with Gasteiger partial charge < -0.3 is 14.6 Å². The maximum absolute atomic E-state index is 5.57. The fraction of sp³-hybridized carbons (Fsp3) is 0.500. The zero-order chi connectivity index (χ0) is 14.7. The molecular formula is C16H21N3O2. The summed E-state index contributed by atoms with van der Waals surface area (Å²) in [5, 5.41) is 7.71. The van der Waals surface area contributed by atoms with Gasteiger partial charge in [-0.25, -0.2) is 0 Å². The third kappa shape index (κ3) is 2.65. The van der Waals surface area contributed by atoms with Gasteiger partial charge in [0.05, 0.1) is 12.6 Å². The molecular weight excluding hydrogens is 266 g/mol. The summed E-state index contributed by atoms with van der Waals surface area (Å²) >= 11 is 0. The second-order valence-electron chi connectivity index (χ2n) is 5.52. The third-order valence-electron chi connectivity index (χ3n) is 4.08. The van der Waals surface area contributed by atoms with Crippen LogP contribution in [-0.4, -0.2) is 23.8 Å². The van der Waals surface area contributed by atoms with Crippen molar-refractivity contribution in [2.45, 2.75) is 38.1 Å². The Morgan fingerprint density at radius 3 is 3.05 bits per heavy atom. The molecule has 1 saturated heterocycles. The minimum absolute atomic E-state index is 0.140. The van der Waals surface area contributed by atoms with Crippen LogP contribution in [0.25, 0.3) is 11.4 Å². The van der Waals surface area contributed by atoms with Crippen LogP contribution in [0.1, 0.15) is 38.5 Å². The Morgan fingerprint density at radius 2 is 2.33 bits per heavy atom. The molecule has 5 nitrogen and oxygen atoms in total. The maximum Gasteiger partial charge on any atom is 0.247 e. The average Bonchev–Trinajstić information content (AvgIpc) is 3.17. The zero-order valence-electron chi connectivity index (χ0n) is 12.6. The summed E-state index contributed by atoms with van der Waals surface area (Å²) < 4.78 is 10.8. The summed E-state index contributed by atoms with van der Waals surface area (Å²) in [7, 11) is 1.65. The normalized spacial score (nSPS) is 21.6. The number of rotatable bonds is 5. The molecule has 2 aromatic rings. The molecule has 112 valence electrons. The summed E-state index contributed by atoms with van der Waals surface area (Å²) in [5.74, 6) is 2.12. The summed E-state index contributed by atoms with van der Waals surface area (Å²) in [5.41, 5.74) is 0.771. The van der Waals surface area contributed by atoms with E-state index in [1.807, 2.05) is 24.3 Å². The standard InChI is InChI=1S/C16H21N3O2/c1-3-8-16(9-5-10-17-16)15-18-14(19-21-15)12-6-4-7-13(11-12)20-2/h4,6-7,11,17H,3,5,8-10H2,1-2H3. The van der Waals surface area contributed by atoms with E-state index >= 15 is 0 Å². The van der Waals surface area contributed by atoms with Gasteiger partial charge >= 0.3 is 0 Å². The van der Waals surface area contributed by atoms with Crippen LogP contribution in [0.15, 0.2) is 28.8 Å². The number of ether oxygens (including phenoxy) is 1. The van der Waals surface area contributed by atoms with Gasteiger partial charge in [0, 0.05) is 5.56 Å². The van der Waals surface area contributed by atoms with Gasteiger partial charge in [0.1, 0.15) is 5.75 Å². The Morgan fingerprint density at radius 1 is 1.43 bits per heavy atom. The Bertz CT molecular complexity index is 603. The number of nitrogens with one attached hydrogen (secondary N) is 1. The third-order valence-corrected chi connectivity index (χ3v) is 4.08. The van der Waals surface area contributed by atoms with Crippen LogP contribution in [0.2, 0.25) is 0 Å². The van der Waals surface area contributed by atoms with E-state index in [-0.39, 0.29) is 5.54 Å². The van der Waals surface area contributed by atoms with Crippen molar-refractivity contribution in [1.29, 1.82) is 0 Å². The van der Waals surface area contributed by atoms with Crippen molar-refractivity contribution in [3.8, 4) is 17.1 Å². The van der Waals surface area contributed by atoms with E-state index in [2.05, 4.69) is 22.4 Å². The van der Waals surface area contributed by atoms with Crippen molar-refractivity contribution in [3.63, 3.8) is 0 Å². The molecule has 1 N–H and O–H groups in total. The second-order valence-corrected chi connectivity index (χ2v) is 5.52. The van der Waals surface area contributed by atoms with Gasteiger partial charge in [-0.15, -0.1) is 0 Å². The van der Waals surface area contributed by atoms with Gasteiger partial charge in [0.25, 0.3) is 0 Å². The van der Waals surface area contributed by atoms with Crippen LogP contribution in [0.5, 0.6) is 5.75 Å². The average molecular weight is 287 g/mol. The number of nitrogens with zero attached hydrogens (tertiary/aromatic N) is 2. The predicted octanol–water partition coefficient (Wildman–Crippen LogP) is 3.12. The first-order valence-electron chi connectivity index (χ1n) is 7.51. The molecule has 0 radical (unpaired) electrons. The molecule has 0 saturated carbocycles. The molecule has 1 aromatic heterocycles. The predicted molar refractivity (Wildman–Crippen MR) is 80.1 cm³/mol. The maximum atomic E-state index is 5.57. The summed E-state index contributed by atoms with van der Waals surface area (Å²) in [6.07, 6.45) is 4.31. The lowest BCUT2D eigenvalue weighted by atomic mass is 9.92. The molecule has 2 heterocycles. The molecule has 5 heteroatoms. The SMILES string of the molecule is CCCC1(c2nc(-c3cccc(OC)c3)no2)CCCN1. The number of hydrogen-bond acceptors (Lipinski definition) is 5. The highest BCUT2D eigenvalue weighted by Crippen LogP contribution is 2.35. The number of aromatic nitrogens is 2. The molecule has 21 heavy (non-hydrogen) atoms. The molecule has 3 rings (SSSR count). The van der Waals surface area contributed by atoms with Crippen LogP contribution in [0, 0.1) is 0 Å². The molecule has 1 aliphatic heterocycles. The lowest BCUT2D eigenvalue weighted by Gasteiger charge is -2.24. The molecule has 1 unspecified atom stereocenters. The van der Waals surface area contributed by atoms with Gasteiger partial charge in [0.2, 0.25) is 11.7 Å². The van der Waals surface area contributed by atoms with Gasteiger partial charge in [-0.05, 0) is 37.9 Å². The molecule has 0 aliphatic carbocycles.